The summed E-state index contributed by atoms with van der Waals surface area (Å²) in [5.41, 5.74) is 11.5. The highest BCUT2D eigenvalue weighted by Gasteiger charge is 2.06. The molecule has 2 aromatic rings. The van der Waals surface area contributed by atoms with Gasteiger partial charge in [-0.2, -0.15) is 0 Å². The fraction of sp³-hybridized carbons (Fsp3) is 0.267. The molecule has 2 rings (SSSR count). The van der Waals surface area contributed by atoms with Crippen LogP contribution in [-0.2, 0) is 6.54 Å². The minimum absolute atomic E-state index is 0.712. The Balaban J connectivity index is 2.21. The Hall–Kier alpha value is -2.03. The molecule has 3 heteroatoms. The first-order valence-corrected chi connectivity index (χ1v) is 6.04. The van der Waals surface area contributed by atoms with Crippen molar-refractivity contribution in [2.45, 2.75) is 20.4 Å². The Morgan fingerprint density at radius 2 is 1.83 bits per heavy atom. The lowest BCUT2D eigenvalue weighted by molar-refractivity contribution is 0.919. The number of nitrogens with zero attached hydrogens (tertiary/aromatic N) is 2. The van der Waals surface area contributed by atoms with Gasteiger partial charge in [0.1, 0.15) is 0 Å². The first-order chi connectivity index (χ1) is 8.56. The fourth-order valence-electron chi connectivity index (χ4n) is 2.27. The molecule has 3 nitrogen and oxygen atoms in total. The van der Waals surface area contributed by atoms with E-state index < -0.39 is 0 Å². The Morgan fingerprint density at radius 1 is 1.17 bits per heavy atom. The number of benzene rings is 1. The molecule has 94 valence electrons. The zero-order valence-electron chi connectivity index (χ0n) is 11.1. The van der Waals surface area contributed by atoms with Crippen LogP contribution in [0.15, 0.2) is 36.7 Å². The van der Waals surface area contributed by atoms with Gasteiger partial charge < -0.3 is 10.6 Å². The molecule has 1 heterocycles. The second-order valence-electron chi connectivity index (χ2n) is 4.79. The van der Waals surface area contributed by atoms with Crippen LogP contribution >= 0.6 is 0 Å². The lowest BCUT2D eigenvalue weighted by Crippen LogP contribution is -2.18. The van der Waals surface area contributed by atoms with E-state index in [0.717, 1.165) is 12.2 Å². The smallest absolute Gasteiger partial charge is 0.0738 e. The number of rotatable bonds is 3. The van der Waals surface area contributed by atoms with Gasteiger partial charge in [0.15, 0.2) is 0 Å². The lowest BCUT2D eigenvalue weighted by Gasteiger charge is -2.21. The molecule has 1 aromatic heterocycles. The molecule has 0 saturated carbocycles. The Kier molecular flexibility index (Phi) is 3.51. The molecule has 0 fully saturated rings. The van der Waals surface area contributed by atoms with Gasteiger partial charge in [0, 0.05) is 19.8 Å². The molecular weight excluding hydrogens is 222 g/mol. The van der Waals surface area contributed by atoms with Gasteiger partial charge in [0.25, 0.3) is 0 Å². The normalized spacial score (nSPS) is 10.4. The molecule has 0 bridgehead atoms. The summed E-state index contributed by atoms with van der Waals surface area (Å²) < 4.78 is 0. The van der Waals surface area contributed by atoms with Gasteiger partial charge in [-0.1, -0.05) is 29.3 Å². The van der Waals surface area contributed by atoms with Crippen molar-refractivity contribution in [3.05, 3.63) is 53.3 Å². The van der Waals surface area contributed by atoms with Gasteiger partial charge in [0.2, 0.25) is 0 Å². The summed E-state index contributed by atoms with van der Waals surface area (Å²) in [4.78, 5) is 6.15. The molecule has 0 aliphatic rings. The van der Waals surface area contributed by atoms with Gasteiger partial charge in [0.05, 0.1) is 17.6 Å². The van der Waals surface area contributed by atoms with E-state index in [1.807, 2.05) is 13.1 Å². The maximum Gasteiger partial charge on any atom is 0.0738 e. The number of nitrogens with two attached hydrogens (primary N) is 1. The molecule has 0 saturated heterocycles. The number of nitrogen functional groups attached to an aromatic ring is 1. The lowest BCUT2D eigenvalue weighted by atomic mass is 10.1. The van der Waals surface area contributed by atoms with Crippen LogP contribution < -0.4 is 10.6 Å². The Morgan fingerprint density at radius 3 is 2.44 bits per heavy atom. The monoisotopic (exact) mass is 241 g/mol. The minimum Gasteiger partial charge on any atom is -0.396 e. The summed E-state index contributed by atoms with van der Waals surface area (Å²) in [6, 6.07) is 8.55. The molecule has 0 spiro atoms. The maximum absolute atomic E-state index is 5.93. The van der Waals surface area contributed by atoms with Crippen molar-refractivity contribution in [3.8, 4) is 0 Å². The largest absolute Gasteiger partial charge is 0.396 e. The Labute approximate surface area is 108 Å². The highest BCUT2D eigenvalue weighted by molar-refractivity contribution is 5.65. The van der Waals surface area contributed by atoms with Gasteiger partial charge in [-0.3, -0.25) is 4.98 Å². The highest BCUT2D eigenvalue weighted by Crippen LogP contribution is 2.22. The van der Waals surface area contributed by atoms with Crippen LogP contribution in [0.5, 0.6) is 0 Å². The number of aromatic nitrogens is 1. The van der Waals surface area contributed by atoms with E-state index in [1.165, 1.54) is 16.7 Å². The summed E-state index contributed by atoms with van der Waals surface area (Å²) in [6.07, 6.45) is 3.46. The van der Waals surface area contributed by atoms with Crippen molar-refractivity contribution in [1.82, 2.24) is 4.98 Å². The van der Waals surface area contributed by atoms with Gasteiger partial charge in [-0.15, -0.1) is 0 Å². The van der Waals surface area contributed by atoms with Crippen LogP contribution in [0, 0.1) is 13.8 Å². The highest BCUT2D eigenvalue weighted by atomic mass is 15.1. The summed E-state index contributed by atoms with van der Waals surface area (Å²) in [6.45, 7) is 5.09. The van der Waals surface area contributed by atoms with E-state index in [4.69, 9.17) is 5.73 Å². The summed E-state index contributed by atoms with van der Waals surface area (Å²) in [7, 11) is 2.04. The SMILES string of the molecule is Cc1cc(C)cc(CN(C)c2ccncc2N)c1. The second kappa shape index (κ2) is 5.08. The standard InChI is InChI=1S/C15H19N3/c1-11-6-12(2)8-13(7-11)10-18(3)15-4-5-17-9-14(15)16/h4-9H,10,16H2,1-3H3. The van der Waals surface area contributed by atoms with Crippen molar-refractivity contribution in [3.63, 3.8) is 0 Å². The first-order valence-electron chi connectivity index (χ1n) is 6.04. The average molecular weight is 241 g/mol. The predicted octanol–water partition coefficient (Wildman–Crippen LogP) is 2.92. The van der Waals surface area contributed by atoms with Crippen LogP contribution in [0.2, 0.25) is 0 Å². The molecule has 0 aliphatic carbocycles. The third kappa shape index (κ3) is 2.80. The number of pyridine rings is 1. The van der Waals surface area contributed by atoms with E-state index in [-0.39, 0.29) is 0 Å². The second-order valence-corrected chi connectivity index (χ2v) is 4.79. The van der Waals surface area contributed by atoms with Crippen LogP contribution in [-0.4, -0.2) is 12.0 Å². The molecular formula is C15H19N3. The zero-order valence-corrected chi connectivity index (χ0v) is 11.1. The predicted molar refractivity (Wildman–Crippen MR) is 76.7 cm³/mol. The van der Waals surface area contributed by atoms with E-state index in [0.29, 0.717) is 5.69 Å². The summed E-state index contributed by atoms with van der Waals surface area (Å²) >= 11 is 0. The molecule has 2 N–H and O–H groups in total. The number of hydrogen-bond donors (Lipinski definition) is 1. The van der Waals surface area contributed by atoms with Crippen LogP contribution in [0.4, 0.5) is 11.4 Å². The van der Waals surface area contributed by atoms with Crippen molar-refractivity contribution in [2.24, 2.45) is 0 Å². The van der Waals surface area contributed by atoms with E-state index in [9.17, 15) is 0 Å². The summed E-state index contributed by atoms with van der Waals surface area (Å²) in [5, 5.41) is 0. The third-order valence-corrected chi connectivity index (χ3v) is 2.94. The van der Waals surface area contributed by atoms with Crippen LogP contribution in [0.3, 0.4) is 0 Å². The number of aryl methyl sites for hydroxylation is 2. The van der Waals surface area contributed by atoms with Gasteiger partial charge >= 0.3 is 0 Å². The topological polar surface area (TPSA) is 42.2 Å². The van der Waals surface area contributed by atoms with Crippen molar-refractivity contribution in [1.29, 1.82) is 0 Å². The summed E-state index contributed by atoms with van der Waals surface area (Å²) in [5.74, 6) is 0. The van der Waals surface area contributed by atoms with Crippen molar-refractivity contribution in [2.75, 3.05) is 17.7 Å². The van der Waals surface area contributed by atoms with Crippen LogP contribution in [0.25, 0.3) is 0 Å². The van der Waals surface area contributed by atoms with Crippen molar-refractivity contribution < 1.29 is 0 Å². The van der Waals surface area contributed by atoms with Crippen LogP contribution in [0.1, 0.15) is 16.7 Å². The molecule has 18 heavy (non-hydrogen) atoms. The molecule has 0 unspecified atom stereocenters. The van der Waals surface area contributed by atoms with Gasteiger partial charge in [-0.05, 0) is 25.5 Å². The van der Waals surface area contributed by atoms with Crippen molar-refractivity contribution >= 4 is 11.4 Å². The quantitative estimate of drug-likeness (QED) is 0.898. The van der Waals surface area contributed by atoms with E-state index >= 15 is 0 Å². The number of hydrogen-bond acceptors (Lipinski definition) is 3. The molecule has 0 aliphatic heterocycles. The Bertz CT molecular complexity index is 529. The molecule has 1 aromatic carbocycles. The van der Waals surface area contributed by atoms with E-state index in [2.05, 4.69) is 41.9 Å². The molecule has 0 atom stereocenters. The molecule has 0 radical (unpaired) electrons. The fourth-order valence-corrected chi connectivity index (χ4v) is 2.27. The third-order valence-electron chi connectivity index (χ3n) is 2.94. The average Bonchev–Trinajstić information content (AvgIpc) is 2.27. The van der Waals surface area contributed by atoms with E-state index in [1.54, 1.807) is 12.4 Å². The first kappa shape index (κ1) is 12.4. The van der Waals surface area contributed by atoms with Gasteiger partial charge in [-0.25, -0.2) is 0 Å². The maximum atomic E-state index is 5.93. The number of anilines is 2. The zero-order chi connectivity index (χ0) is 13.1. The minimum atomic E-state index is 0.712. The molecule has 0 amide bonds.